The van der Waals surface area contributed by atoms with Gasteiger partial charge in [-0.2, -0.15) is 0 Å². The van der Waals surface area contributed by atoms with E-state index in [2.05, 4.69) is 46.8 Å². The summed E-state index contributed by atoms with van der Waals surface area (Å²) < 4.78 is 0. The molecule has 0 spiro atoms. The van der Waals surface area contributed by atoms with Gasteiger partial charge in [-0.3, -0.25) is 9.59 Å². The van der Waals surface area contributed by atoms with Crippen LogP contribution < -0.4 is 16.0 Å². The molecule has 1 aliphatic carbocycles. The quantitative estimate of drug-likeness (QED) is 0.481. The second-order valence-corrected chi connectivity index (χ2v) is 8.59. The highest BCUT2D eigenvalue weighted by atomic mass is 16.2. The zero-order chi connectivity index (χ0) is 23.5. The van der Waals surface area contributed by atoms with Crippen LogP contribution in [-0.2, 0) is 16.0 Å². The molecule has 1 saturated heterocycles. The maximum absolute atomic E-state index is 13.3. The van der Waals surface area contributed by atoms with Gasteiger partial charge in [-0.15, -0.1) is 0 Å². The van der Waals surface area contributed by atoms with Gasteiger partial charge in [0.2, 0.25) is 5.91 Å². The third-order valence-corrected chi connectivity index (χ3v) is 6.16. The predicted octanol–water partition coefficient (Wildman–Crippen LogP) is 3.07. The van der Waals surface area contributed by atoms with Gasteiger partial charge in [0.15, 0.2) is 0 Å². The van der Waals surface area contributed by atoms with Crippen molar-refractivity contribution in [2.45, 2.75) is 32.1 Å². The van der Waals surface area contributed by atoms with Crippen LogP contribution in [0.1, 0.15) is 31.2 Å². The van der Waals surface area contributed by atoms with Crippen molar-refractivity contribution >= 4 is 11.8 Å². The van der Waals surface area contributed by atoms with Crippen LogP contribution in [0.2, 0.25) is 0 Å². The smallest absolute Gasteiger partial charge is 0.253 e. The first-order chi connectivity index (χ1) is 16.1. The Morgan fingerprint density at radius 3 is 2.58 bits per heavy atom. The molecule has 1 fully saturated rings. The molecule has 0 bridgehead atoms. The molecule has 2 aliphatic rings. The lowest BCUT2D eigenvalue weighted by Crippen LogP contribution is -2.39. The number of piperidine rings is 1. The number of allylic oxidation sites excluding steroid dienone is 3. The summed E-state index contributed by atoms with van der Waals surface area (Å²) in [5.74, 6) is 0.593. The minimum absolute atomic E-state index is 0.0505. The molecule has 2 amide bonds. The number of nitrogens with zero attached hydrogens (tertiary/aromatic N) is 1. The number of rotatable bonds is 10. The van der Waals surface area contributed by atoms with Gasteiger partial charge in [-0.1, -0.05) is 49.1 Å². The molecule has 3 N–H and O–H groups in total. The highest BCUT2D eigenvalue weighted by molar-refractivity contribution is 5.97. The van der Waals surface area contributed by atoms with Crippen LogP contribution in [0.5, 0.6) is 0 Å². The van der Waals surface area contributed by atoms with Gasteiger partial charge in [-0.25, -0.2) is 0 Å². The number of nitrogens with one attached hydrogen (secondary N) is 3. The summed E-state index contributed by atoms with van der Waals surface area (Å²) >= 11 is 0. The Bertz CT molecular complexity index is 909. The van der Waals surface area contributed by atoms with Gasteiger partial charge in [0.25, 0.3) is 5.91 Å². The molecule has 1 aromatic rings. The van der Waals surface area contributed by atoms with Crippen molar-refractivity contribution in [3.8, 4) is 0 Å². The lowest BCUT2D eigenvalue weighted by Gasteiger charge is -2.32. The van der Waals surface area contributed by atoms with Crippen LogP contribution in [0.4, 0.5) is 0 Å². The van der Waals surface area contributed by atoms with Crippen molar-refractivity contribution in [2.75, 3.05) is 33.2 Å². The largest absolute Gasteiger partial charge is 0.362 e. The van der Waals surface area contributed by atoms with E-state index in [1.807, 2.05) is 36.2 Å². The van der Waals surface area contributed by atoms with Crippen molar-refractivity contribution in [1.29, 1.82) is 0 Å². The monoisotopic (exact) mass is 448 g/mol. The number of amides is 2. The number of hydrogen-bond acceptors (Lipinski definition) is 4. The van der Waals surface area contributed by atoms with E-state index in [1.54, 1.807) is 6.20 Å². The normalized spacial score (nSPS) is 16.8. The first-order valence-corrected chi connectivity index (χ1v) is 11.8. The van der Waals surface area contributed by atoms with Crippen LogP contribution in [0, 0.1) is 5.92 Å². The number of likely N-dealkylation sites (N-methyl/N-ethyl adjacent to an activating group) is 1. The minimum Gasteiger partial charge on any atom is -0.362 e. The summed E-state index contributed by atoms with van der Waals surface area (Å²) in [6, 6.07) is 10.6. The van der Waals surface area contributed by atoms with Crippen molar-refractivity contribution < 1.29 is 9.59 Å². The third-order valence-electron chi connectivity index (χ3n) is 6.16. The predicted molar refractivity (Wildman–Crippen MR) is 133 cm³/mol. The number of carbonyl (C=O) groups is 2. The highest BCUT2D eigenvalue weighted by Crippen LogP contribution is 2.25. The number of likely N-dealkylation sites (tertiary alicyclic amines) is 1. The molecule has 0 aromatic heterocycles. The number of hydrogen-bond donors (Lipinski definition) is 3. The first-order valence-electron chi connectivity index (χ1n) is 11.8. The molecule has 1 heterocycles. The van der Waals surface area contributed by atoms with E-state index in [9.17, 15) is 9.59 Å². The number of carbonyl (C=O) groups excluding carboxylic acids is 2. The summed E-state index contributed by atoms with van der Waals surface area (Å²) in [4.78, 5) is 27.7. The highest BCUT2D eigenvalue weighted by Gasteiger charge is 2.25. The fourth-order valence-corrected chi connectivity index (χ4v) is 4.35. The molecule has 6 heteroatoms. The van der Waals surface area contributed by atoms with Crippen molar-refractivity contribution in [3.05, 3.63) is 83.7 Å². The van der Waals surface area contributed by atoms with Gasteiger partial charge in [-0.05, 0) is 62.1 Å². The van der Waals surface area contributed by atoms with E-state index in [-0.39, 0.29) is 18.2 Å². The van der Waals surface area contributed by atoms with Crippen molar-refractivity contribution in [2.24, 2.45) is 5.92 Å². The number of benzene rings is 1. The molecule has 3 rings (SSSR count). The fraction of sp³-hybridized carbons (Fsp3) is 0.407. The Morgan fingerprint density at radius 1 is 1.12 bits per heavy atom. The SMILES string of the molecule is C=CNC1=CCC=C(C(=O)N2CCC(Cc3ccccc3)CC2)C=C1CC(=O)NCCNC. The van der Waals surface area contributed by atoms with Crippen LogP contribution >= 0.6 is 0 Å². The van der Waals surface area contributed by atoms with E-state index in [0.29, 0.717) is 31.0 Å². The first kappa shape index (κ1) is 24.5. The van der Waals surface area contributed by atoms with Crippen molar-refractivity contribution in [3.63, 3.8) is 0 Å². The Hall–Kier alpha value is -3.12. The average Bonchev–Trinajstić information content (AvgIpc) is 3.02. The summed E-state index contributed by atoms with van der Waals surface area (Å²) in [7, 11) is 1.85. The summed E-state index contributed by atoms with van der Waals surface area (Å²) in [6.07, 6.45) is 11.4. The van der Waals surface area contributed by atoms with E-state index in [4.69, 9.17) is 0 Å². The van der Waals surface area contributed by atoms with Gasteiger partial charge in [0.1, 0.15) is 0 Å². The Balaban J connectivity index is 1.62. The molecule has 0 unspecified atom stereocenters. The second-order valence-electron chi connectivity index (χ2n) is 8.59. The van der Waals surface area contributed by atoms with Gasteiger partial charge in [0.05, 0.1) is 6.42 Å². The summed E-state index contributed by atoms with van der Waals surface area (Å²) in [5, 5.41) is 9.04. The molecule has 6 nitrogen and oxygen atoms in total. The molecule has 0 atom stereocenters. The lowest BCUT2D eigenvalue weighted by molar-refractivity contribution is -0.128. The molecular formula is C27H36N4O2. The Morgan fingerprint density at radius 2 is 1.88 bits per heavy atom. The van der Waals surface area contributed by atoms with Crippen LogP contribution in [-0.4, -0.2) is 49.9 Å². The summed E-state index contributed by atoms with van der Waals surface area (Å²) in [6.45, 7) is 6.56. The van der Waals surface area contributed by atoms with Crippen molar-refractivity contribution in [1.82, 2.24) is 20.9 Å². The van der Waals surface area contributed by atoms with Crippen LogP contribution in [0.25, 0.3) is 0 Å². The van der Waals surface area contributed by atoms with Crippen LogP contribution in [0.15, 0.2) is 78.2 Å². The van der Waals surface area contributed by atoms with E-state index >= 15 is 0 Å². The maximum atomic E-state index is 13.3. The second kappa shape index (κ2) is 12.8. The van der Waals surface area contributed by atoms with Crippen LogP contribution in [0.3, 0.4) is 0 Å². The van der Waals surface area contributed by atoms with Gasteiger partial charge >= 0.3 is 0 Å². The molecule has 176 valence electrons. The molecule has 0 radical (unpaired) electrons. The van der Waals surface area contributed by atoms with Gasteiger partial charge in [0, 0.05) is 37.4 Å². The lowest BCUT2D eigenvalue weighted by atomic mass is 9.90. The zero-order valence-electron chi connectivity index (χ0n) is 19.6. The zero-order valence-corrected chi connectivity index (χ0v) is 19.6. The van der Waals surface area contributed by atoms with E-state index in [1.165, 1.54) is 5.56 Å². The molecule has 0 saturated carbocycles. The molecule has 1 aromatic carbocycles. The fourth-order valence-electron chi connectivity index (χ4n) is 4.35. The Labute approximate surface area is 197 Å². The topological polar surface area (TPSA) is 73.5 Å². The Kier molecular flexibility index (Phi) is 9.51. The van der Waals surface area contributed by atoms with E-state index < -0.39 is 0 Å². The molecular weight excluding hydrogens is 412 g/mol. The average molecular weight is 449 g/mol. The third kappa shape index (κ3) is 7.46. The molecule has 33 heavy (non-hydrogen) atoms. The standard InChI is InChI=1S/C27H36N4O2/c1-3-29-25-11-7-10-23(19-24(25)20-26(32)30-15-14-28-2)27(33)31-16-12-22(13-17-31)18-21-8-5-4-6-9-21/h3-6,8-11,19,22,28-29H,1,7,12-18,20H2,2H3,(H,30,32). The molecule has 1 aliphatic heterocycles. The van der Waals surface area contributed by atoms with E-state index in [0.717, 1.165) is 43.6 Å². The maximum Gasteiger partial charge on any atom is 0.253 e. The van der Waals surface area contributed by atoms with Gasteiger partial charge < -0.3 is 20.9 Å². The summed E-state index contributed by atoms with van der Waals surface area (Å²) in [5.41, 5.74) is 3.65. The minimum atomic E-state index is -0.0660.